The first-order valence-electron chi connectivity index (χ1n) is 19.7. The van der Waals surface area contributed by atoms with Gasteiger partial charge in [0.25, 0.3) is 5.91 Å². The average Bonchev–Trinajstić information content (AvgIpc) is 3.64. The molecule has 4 rings (SSSR count). The summed E-state index contributed by atoms with van der Waals surface area (Å²) in [5.41, 5.74) is -0.215. The van der Waals surface area contributed by atoms with E-state index in [0.717, 1.165) is 6.42 Å². The molecule has 1 aromatic heterocycles. The zero-order chi connectivity index (χ0) is 37.9. The highest BCUT2D eigenvalue weighted by molar-refractivity contribution is 7.57. The molecular formula is C40H62N3O9P. The summed E-state index contributed by atoms with van der Waals surface area (Å²) in [6.45, 7) is 10.7. The van der Waals surface area contributed by atoms with Crippen molar-refractivity contribution in [3.05, 3.63) is 71.0 Å². The molecule has 2 aliphatic rings. The Bertz CT molecular complexity index is 1490. The van der Waals surface area contributed by atoms with Crippen molar-refractivity contribution in [2.24, 2.45) is 0 Å². The van der Waals surface area contributed by atoms with Crippen LogP contribution >= 0.6 is 7.60 Å². The monoisotopic (exact) mass is 759 g/mol. The fourth-order valence-corrected chi connectivity index (χ4v) is 7.67. The van der Waals surface area contributed by atoms with Gasteiger partial charge < -0.3 is 33.3 Å². The molecule has 13 heteroatoms. The maximum absolute atomic E-state index is 13.3. The van der Waals surface area contributed by atoms with Gasteiger partial charge >= 0.3 is 13.3 Å². The minimum atomic E-state index is -3.65. The molecule has 0 radical (unpaired) electrons. The summed E-state index contributed by atoms with van der Waals surface area (Å²) in [6.07, 6.45) is 17.6. The van der Waals surface area contributed by atoms with Crippen LogP contribution in [-0.2, 0) is 32.6 Å². The van der Waals surface area contributed by atoms with Crippen LogP contribution in [0.4, 0.5) is 5.82 Å². The largest absolute Gasteiger partial charge is 0.381 e. The summed E-state index contributed by atoms with van der Waals surface area (Å²) in [4.78, 5) is 29.7. The first-order chi connectivity index (χ1) is 25.6. The van der Waals surface area contributed by atoms with Gasteiger partial charge in [-0.1, -0.05) is 115 Å². The Labute approximate surface area is 315 Å². The maximum atomic E-state index is 13.3. The number of benzene rings is 1. The number of hydrogen-bond acceptors (Lipinski definition) is 10. The number of hydrogen-bond donors (Lipinski definition) is 1. The zero-order valence-corrected chi connectivity index (χ0v) is 33.0. The van der Waals surface area contributed by atoms with Crippen molar-refractivity contribution in [3.63, 3.8) is 0 Å². The van der Waals surface area contributed by atoms with Crippen LogP contribution in [0.25, 0.3) is 0 Å². The summed E-state index contributed by atoms with van der Waals surface area (Å²) in [5.74, 6) is -0.0656. The third-order valence-corrected chi connectivity index (χ3v) is 11.0. The minimum absolute atomic E-state index is 0.0998. The van der Waals surface area contributed by atoms with Crippen LogP contribution in [-0.4, -0.2) is 66.0 Å². The van der Waals surface area contributed by atoms with Crippen LogP contribution in [0.1, 0.15) is 134 Å². The number of carbonyl (C=O) groups excluding carboxylic acids is 1. The number of fused-ring (bicyclic) bond motifs is 1. The van der Waals surface area contributed by atoms with Gasteiger partial charge in [0.2, 0.25) is 0 Å². The number of anilines is 1. The molecule has 2 saturated heterocycles. The van der Waals surface area contributed by atoms with E-state index in [1.54, 1.807) is 44.2 Å². The van der Waals surface area contributed by atoms with E-state index < -0.39 is 43.6 Å². The normalized spacial score (nSPS) is 21.6. The lowest BCUT2D eigenvalue weighted by atomic mass is 10.0. The van der Waals surface area contributed by atoms with Crippen LogP contribution in [0.15, 0.2) is 59.8 Å². The molecular weight excluding hydrogens is 697 g/mol. The van der Waals surface area contributed by atoms with Crippen molar-refractivity contribution in [1.29, 1.82) is 0 Å². The van der Waals surface area contributed by atoms with Crippen LogP contribution in [0.5, 0.6) is 0 Å². The predicted octanol–water partition coefficient (Wildman–Crippen LogP) is 9.17. The molecule has 2 aromatic rings. The van der Waals surface area contributed by atoms with Crippen LogP contribution < -0.4 is 11.0 Å². The fraction of sp³-hybridized carbons (Fsp3) is 0.675. The number of aromatic nitrogens is 2. The quantitative estimate of drug-likeness (QED) is 0.0694. The van der Waals surface area contributed by atoms with Gasteiger partial charge in [0, 0.05) is 30.8 Å². The van der Waals surface area contributed by atoms with E-state index in [1.165, 1.54) is 106 Å². The van der Waals surface area contributed by atoms with Crippen molar-refractivity contribution >= 4 is 19.3 Å². The van der Waals surface area contributed by atoms with Gasteiger partial charge in [-0.2, -0.15) is 4.98 Å². The summed E-state index contributed by atoms with van der Waals surface area (Å²) in [5, 5.41) is 2.64. The van der Waals surface area contributed by atoms with E-state index in [9.17, 15) is 14.2 Å². The lowest BCUT2D eigenvalue weighted by Crippen LogP contribution is -2.35. The Kier molecular flexibility index (Phi) is 18.4. The third-order valence-electron chi connectivity index (χ3n) is 9.50. The Hall–Kier alpha value is -2.70. The van der Waals surface area contributed by atoms with E-state index in [2.05, 4.69) is 23.8 Å². The van der Waals surface area contributed by atoms with Crippen molar-refractivity contribution in [2.45, 2.75) is 147 Å². The smallest absolute Gasteiger partial charge is 0.353 e. The number of rotatable bonds is 27. The second kappa shape index (κ2) is 22.6. The molecule has 12 nitrogen and oxygen atoms in total. The lowest BCUT2D eigenvalue weighted by molar-refractivity contribution is -0.200. The summed E-state index contributed by atoms with van der Waals surface area (Å²) in [6, 6.07) is 10.1. The second-order valence-corrected chi connectivity index (χ2v) is 16.3. The number of nitrogens with zero attached hydrogens (tertiary/aromatic N) is 2. The van der Waals surface area contributed by atoms with Crippen LogP contribution in [0.3, 0.4) is 0 Å². The van der Waals surface area contributed by atoms with Gasteiger partial charge in [-0.3, -0.25) is 13.9 Å². The van der Waals surface area contributed by atoms with E-state index in [4.69, 9.17) is 28.0 Å². The highest BCUT2D eigenvalue weighted by Crippen LogP contribution is 2.51. The highest BCUT2D eigenvalue weighted by atomic mass is 31.2. The van der Waals surface area contributed by atoms with Crippen LogP contribution in [0.2, 0.25) is 0 Å². The standard InChI is InChI=1S/C40H62N3O9P/c1-5-7-8-9-10-11-12-13-14-15-16-17-18-22-28-47-29-23-30-48-53(46,6-2)49-31-33-35-36(52-40(3,4)51-35)38(50-33)43-27-26-34(42-39(43)45)41-37(44)32-24-20-19-21-25-32/h6,19-21,24-27,33,35-36,38H,2,5,7-18,22-23,28-31H2,1,3-4H3,(H,41,42,44,45)/t33-,35-,36-,38-,53?/m1/s1. The summed E-state index contributed by atoms with van der Waals surface area (Å²) < 4.78 is 50.2. The maximum Gasteiger partial charge on any atom is 0.353 e. The number of nitrogens with one attached hydrogen (secondary N) is 1. The molecule has 296 valence electrons. The molecule has 1 unspecified atom stereocenters. The van der Waals surface area contributed by atoms with Crippen molar-refractivity contribution in [1.82, 2.24) is 9.55 Å². The predicted molar refractivity (Wildman–Crippen MR) is 206 cm³/mol. The van der Waals surface area contributed by atoms with Gasteiger partial charge in [-0.05, 0) is 44.9 Å². The summed E-state index contributed by atoms with van der Waals surface area (Å²) >= 11 is 0. The first kappa shape index (κ1) is 43.0. The molecule has 53 heavy (non-hydrogen) atoms. The van der Waals surface area contributed by atoms with Gasteiger partial charge in [-0.25, -0.2) is 4.79 Å². The fourth-order valence-electron chi connectivity index (χ4n) is 6.64. The summed E-state index contributed by atoms with van der Waals surface area (Å²) in [7, 11) is -3.65. The molecule has 1 N–H and O–H groups in total. The van der Waals surface area contributed by atoms with Crippen molar-refractivity contribution < 1.29 is 37.4 Å². The molecule has 1 amide bonds. The minimum Gasteiger partial charge on any atom is -0.381 e. The molecule has 2 aliphatic heterocycles. The molecule has 1 aromatic carbocycles. The Morgan fingerprint density at radius 2 is 1.47 bits per heavy atom. The highest BCUT2D eigenvalue weighted by Gasteiger charge is 2.56. The van der Waals surface area contributed by atoms with Gasteiger partial charge in [0.1, 0.15) is 24.1 Å². The molecule has 5 atom stereocenters. The third kappa shape index (κ3) is 14.5. The van der Waals surface area contributed by atoms with Gasteiger partial charge in [0.05, 0.1) is 13.2 Å². The van der Waals surface area contributed by atoms with Crippen molar-refractivity contribution in [3.8, 4) is 0 Å². The molecule has 0 saturated carbocycles. The Morgan fingerprint density at radius 1 is 0.868 bits per heavy atom. The lowest BCUT2D eigenvalue weighted by Gasteiger charge is -2.25. The topological polar surface area (TPSA) is 136 Å². The molecule has 0 aliphatic carbocycles. The molecule has 3 heterocycles. The van der Waals surface area contributed by atoms with E-state index >= 15 is 0 Å². The van der Waals surface area contributed by atoms with Gasteiger partial charge in [-0.15, -0.1) is 0 Å². The van der Waals surface area contributed by atoms with E-state index in [0.29, 0.717) is 25.2 Å². The van der Waals surface area contributed by atoms with Crippen LogP contribution in [0, 0.1) is 0 Å². The van der Waals surface area contributed by atoms with E-state index in [1.807, 2.05) is 0 Å². The average molecular weight is 760 g/mol. The first-order valence-corrected chi connectivity index (χ1v) is 21.3. The number of amides is 1. The number of carbonyl (C=O) groups is 1. The van der Waals surface area contributed by atoms with Crippen molar-refractivity contribution in [2.75, 3.05) is 31.7 Å². The Morgan fingerprint density at radius 3 is 2.09 bits per heavy atom. The molecule has 0 spiro atoms. The number of unbranched alkanes of at least 4 members (excludes halogenated alkanes) is 13. The number of ether oxygens (including phenoxy) is 4. The zero-order valence-electron chi connectivity index (χ0n) is 32.1. The SMILES string of the molecule is C=CP(=O)(OCCCOCCCCCCCCCCCCCCCC)OC[C@H]1O[C@@H](n2ccc(NC(=O)c3ccccc3)nc2=O)[C@@H]2OC(C)(C)O[C@@H]21. The Balaban J connectivity index is 1.12. The second-order valence-electron chi connectivity index (χ2n) is 14.4. The van der Waals surface area contributed by atoms with Gasteiger partial charge in [0.15, 0.2) is 12.0 Å². The van der Waals surface area contributed by atoms with E-state index in [-0.39, 0.29) is 24.9 Å². The molecule has 0 bridgehead atoms. The molecule has 2 fully saturated rings.